The zero-order chi connectivity index (χ0) is 22.4. The number of nitrogens with zero attached hydrogens (tertiary/aromatic N) is 3. The van der Waals surface area contributed by atoms with Gasteiger partial charge in [-0.05, 0) is 43.4 Å². The summed E-state index contributed by atoms with van der Waals surface area (Å²) in [5.41, 5.74) is 2.00. The van der Waals surface area contributed by atoms with Crippen LogP contribution in [0.25, 0.3) is 11.0 Å². The van der Waals surface area contributed by atoms with E-state index in [0.717, 1.165) is 30.7 Å². The van der Waals surface area contributed by atoms with Crippen molar-refractivity contribution in [1.82, 2.24) is 19.8 Å². The lowest BCUT2D eigenvalue weighted by Crippen LogP contribution is -2.34. The SMILES string of the molecule is CCN(CC)CCn1c(NC(=O)CNC(=O)c2ccc(Cl)cc2Cl)nc2ccccc21. The van der Waals surface area contributed by atoms with Crippen molar-refractivity contribution < 1.29 is 9.59 Å². The standard InChI is InChI=1S/C22H25Cl2N5O2/c1-3-28(4-2)11-12-29-19-8-6-5-7-18(19)26-22(29)27-20(30)14-25-21(31)16-10-9-15(23)13-17(16)24/h5-10,13H,3-4,11-12,14H2,1-2H3,(H,25,31)(H,26,27,30). The van der Waals surface area contributed by atoms with Crippen LogP contribution in [0.4, 0.5) is 5.95 Å². The molecule has 0 fully saturated rings. The highest BCUT2D eigenvalue weighted by Gasteiger charge is 2.16. The van der Waals surface area contributed by atoms with Gasteiger partial charge in [-0.3, -0.25) is 14.9 Å². The minimum Gasteiger partial charge on any atom is -0.343 e. The predicted molar refractivity (Wildman–Crippen MR) is 125 cm³/mol. The summed E-state index contributed by atoms with van der Waals surface area (Å²) in [5, 5.41) is 6.05. The second-order valence-electron chi connectivity index (χ2n) is 6.96. The number of para-hydroxylation sites is 2. The van der Waals surface area contributed by atoms with Crippen molar-refractivity contribution in [2.75, 3.05) is 31.5 Å². The number of imidazole rings is 1. The van der Waals surface area contributed by atoms with E-state index >= 15 is 0 Å². The summed E-state index contributed by atoms with van der Waals surface area (Å²) in [7, 11) is 0. The minimum atomic E-state index is -0.452. The molecule has 0 aliphatic rings. The summed E-state index contributed by atoms with van der Waals surface area (Å²) in [4.78, 5) is 31.7. The monoisotopic (exact) mass is 461 g/mol. The first-order chi connectivity index (χ1) is 14.9. The Morgan fingerprint density at radius 3 is 2.55 bits per heavy atom. The van der Waals surface area contributed by atoms with Gasteiger partial charge in [0.15, 0.2) is 0 Å². The molecular weight excluding hydrogens is 437 g/mol. The molecule has 0 radical (unpaired) electrons. The second kappa shape index (κ2) is 10.6. The molecule has 0 saturated heterocycles. The highest BCUT2D eigenvalue weighted by atomic mass is 35.5. The number of rotatable bonds is 9. The maximum atomic E-state index is 12.5. The van der Waals surface area contributed by atoms with E-state index in [1.165, 1.54) is 12.1 Å². The number of benzene rings is 2. The quantitative estimate of drug-likeness (QED) is 0.503. The third-order valence-corrected chi connectivity index (χ3v) is 5.57. The Kier molecular flexibility index (Phi) is 7.90. The first kappa shape index (κ1) is 23.1. The Hall–Kier alpha value is -2.61. The third-order valence-electron chi connectivity index (χ3n) is 5.03. The van der Waals surface area contributed by atoms with Crippen LogP contribution in [0.15, 0.2) is 42.5 Å². The topological polar surface area (TPSA) is 79.3 Å². The number of amides is 2. The van der Waals surface area contributed by atoms with Crippen molar-refractivity contribution in [2.24, 2.45) is 0 Å². The molecule has 0 spiro atoms. The highest BCUT2D eigenvalue weighted by Crippen LogP contribution is 2.21. The molecule has 1 heterocycles. The molecule has 3 aromatic rings. The van der Waals surface area contributed by atoms with E-state index in [-0.39, 0.29) is 23.0 Å². The van der Waals surface area contributed by atoms with Gasteiger partial charge in [0.05, 0.1) is 28.2 Å². The predicted octanol–water partition coefficient (Wildman–Crippen LogP) is 4.05. The van der Waals surface area contributed by atoms with Crippen LogP contribution in [-0.2, 0) is 11.3 Å². The molecule has 0 aliphatic heterocycles. The zero-order valence-electron chi connectivity index (χ0n) is 17.5. The lowest BCUT2D eigenvalue weighted by molar-refractivity contribution is -0.115. The van der Waals surface area contributed by atoms with Crippen LogP contribution < -0.4 is 10.6 Å². The van der Waals surface area contributed by atoms with E-state index < -0.39 is 5.91 Å². The average Bonchev–Trinajstić information content (AvgIpc) is 3.09. The Morgan fingerprint density at radius 1 is 1.10 bits per heavy atom. The molecule has 0 aliphatic carbocycles. The number of aromatic nitrogens is 2. The van der Waals surface area contributed by atoms with Crippen LogP contribution in [0, 0.1) is 0 Å². The van der Waals surface area contributed by atoms with Crippen LogP contribution in [-0.4, -0.2) is 52.4 Å². The summed E-state index contributed by atoms with van der Waals surface area (Å²) >= 11 is 11.9. The van der Waals surface area contributed by atoms with Gasteiger partial charge in [-0.15, -0.1) is 0 Å². The maximum absolute atomic E-state index is 12.5. The fourth-order valence-corrected chi connectivity index (χ4v) is 3.77. The number of fused-ring (bicyclic) bond motifs is 1. The van der Waals surface area contributed by atoms with Gasteiger partial charge < -0.3 is 14.8 Å². The normalized spacial score (nSPS) is 11.1. The van der Waals surface area contributed by atoms with Gasteiger partial charge in [0.1, 0.15) is 0 Å². The molecule has 31 heavy (non-hydrogen) atoms. The molecule has 2 N–H and O–H groups in total. The van der Waals surface area contributed by atoms with Crippen LogP contribution in [0.2, 0.25) is 10.0 Å². The van der Waals surface area contributed by atoms with Crippen molar-refractivity contribution in [1.29, 1.82) is 0 Å². The molecule has 0 bridgehead atoms. The number of anilines is 1. The first-order valence-electron chi connectivity index (χ1n) is 10.1. The van der Waals surface area contributed by atoms with Crippen molar-refractivity contribution in [3.05, 3.63) is 58.1 Å². The molecule has 164 valence electrons. The van der Waals surface area contributed by atoms with E-state index in [0.29, 0.717) is 17.5 Å². The molecule has 2 amide bonds. The van der Waals surface area contributed by atoms with Gasteiger partial charge in [0.25, 0.3) is 5.91 Å². The van der Waals surface area contributed by atoms with Gasteiger partial charge in [0.2, 0.25) is 11.9 Å². The lowest BCUT2D eigenvalue weighted by atomic mass is 10.2. The molecule has 0 atom stereocenters. The van der Waals surface area contributed by atoms with Gasteiger partial charge in [-0.2, -0.15) is 0 Å². The lowest BCUT2D eigenvalue weighted by Gasteiger charge is -2.19. The van der Waals surface area contributed by atoms with Crippen molar-refractivity contribution >= 4 is 52.0 Å². The number of carbonyl (C=O) groups is 2. The number of hydrogen-bond donors (Lipinski definition) is 2. The van der Waals surface area contributed by atoms with Gasteiger partial charge >= 0.3 is 0 Å². The fraction of sp³-hybridized carbons (Fsp3) is 0.318. The maximum Gasteiger partial charge on any atom is 0.253 e. The fourth-order valence-electron chi connectivity index (χ4n) is 3.28. The van der Waals surface area contributed by atoms with Gasteiger partial charge in [-0.25, -0.2) is 4.98 Å². The van der Waals surface area contributed by atoms with E-state index in [2.05, 4.69) is 34.4 Å². The summed E-state index contributed by atoms with van der Waals surface area (Å²) in [5.74, 6) is -0.373. The Balaban J connectivity index is 1.69. The molecule has 0 unspecified atom stereocenters. The summed E-state index contributed by atoms with van der Waals surface area (Å²) in [6.45, 7) is 7.44. The number of likely N-dealkylation sites (N-methyl/N-ethyl adjacent to an activating group) is 1. The van der Waals surface area contributed by atoms with Crippen molar-refractivity contribution in [3.8, 4) is 0 Å². The van der Waals surface area contributed by atoms with Crippen molar-refractivity contribution in [3.63, 3.8) is 0 Å². The van der Waals surface area contributed by atoms with Crippen molar-refractivity contribution in [2.45, 2.75) is 20.4 Å². The van der Waals surface area contributed by atoms with E-state index in [1.54, 1.807) is 6.07 Å². The molecule has 1 aromatic heterocycles. The summed E-state index contributed by atoms with van der Waals surface area (Å²) < 4.78 is 1.99. The van der Waals surface area contributed by atoms with Crippen LogP contribution in [0.1, 0.15) is 24.2 Å². The summed E-state index contributed by atoms with van der Waals surface area (Å²) in [6, 6.07) is 12.3. The van der Waals surface area contributed by atoms with E-state index in [1.807, 2.05) is 28.8 Å². The van der Waals surface area contributed by atoms with Crippen LogP contribution in [0.3, 0.4) is 0 Å². The molecular formula is C22H25Cl2N5O2. The number of halogens is 2. The Bertz CT molecular complexity index is 1080. The minimum absolute atomic E-state index is 0.211. The third kappa shape index (κ3) is 5.76. The molecule has 3 rings (SSSR count). The Labute approximate surface area is 191 Å². The number of nitrogens with one attached hydrogen (secondary N) is 2. The molecule has 9 heteroatoms. The zero-order valence-corrected chi connectivity index (χ0v) is 19.0. The Morgan fingerprint density at radius 2 is 1.84 bits per heavy atom. The average molecular weight is 462 g/mol. The molecule has 2 aromatic carbocycles. The summed E-state index contributed by atoms with van der Waals surface area (Å²) in [6.07, 6.45) is 0. The van der Waals surface area contributed by atoms with E-state index in [9.17, 15) is 9.59 Å². The van der Waals surface area contributed by atoms with Crippen LogP contribution in [0.5, 0.6) is 0 Å². The van der Waals surface area contributed by atoms with E-state index in [4.69, 9.17) is 23.2 Å². The van der Waals surface area contributed by atoms with Gasteiger partial charge in [0, 0.05) is 18.1 Å². The van der Waals surface area contributed by atoms with Crippen LogP contribution >= 0.6 is 23.2 Å². The molecule has 7 nitrogen and oxygen atoms in total. The second-order valence-corrected chi connectivity index (χ2v) is 7.80. The molecule has 0 saturated carbocycles. The number of hydrogen-bond acceptors (Lipinski definition) is 4. The first-order valence-corrected chi connectivity index (χ1v) is 10.9. The largest absolute Gasteiger partial charge is 0.343 e. The van der Waals surface area contributed by atoms with Gasteiger partial charge in [-0.1, -0.05) is 49.2 Å². The smallest absolute Gasteiger partial charge is 0.253 e. The number of carbonyl (C=O) groups excluding carboxylic acids is 2. The highest BCUT2D eigenvalue weighted by molar-refractivity contribution is 6.36.